The average Bonchev–Trinajstić information content (AvgIpc) is 2.65. The molecule has 0 saturated heterocycles. The highest BCUT2D eigenvalue weighted by Crippen LogP contribution is 2.27. The molecule has 3 rings (SSSR count). The van der Waals surface area contributed by atoms with E-state index in [1.165, 1.54) is 23.4 Å². The lowest BCUT2D eigenvalue weighted by molar-refractivity contribution is 0.0593. The van der Waals surface area contributed by atoms with Crippen LogP contribution in [0.3, 0.4) is 0 Å². The summed E-state index contributed by atoms with van der Waals surface area (Å²) in [6.07, 6.45) is 1.58. The van der Waals surface area contributed by atoms with Crippen molar-refractivity contribution < 1.29 is 14.3 Å². The summed E-state index contributed by atoms with van der Waals surface area (Å²) in [5.74, 6) is 0.233. The van der Waals surface area contributed by atoms with Crippen LogP contribution in [0.1, 0.15) is 35.3 Å². The fourth-order valence-electron chi connectivity index (χ4n) is 3.25. The van der Waals surface area contributed by atoms with Gasteiger partial charge in [0.05, 0.1) is 13.2 Å². The van der Waals surface area contributed by atoms with Crippen LogP contribution < -0.4 is 4.74 Å². The van der Waals surface area contributed by atoms with Gasteiger partial charge in [0.1, 0.15) is 11.3 Å². The molecule has 26 heavy (non-hydrogen) atoms. The molecule has 3 aromatic carbocycles. The van der Waals surface area contributed by atoms with E-state index in [-0.39, 0.29) is 12.1 Å². The van der Waals surface area contributed by atoms with Crippen molar-refractivity contribution in [1.82, 2.24) is 0 Å². The van der Waals surface area contributed by atoms with Crippen LogP contribution in [0.25, 0.3) is 10.8 Å². The number of fused-ring (bicyclic) bond motifs is 1. The van der Waals surface area contributed by atoms with Gasteiger partial charge in [-0.05, 0) is 54.7 Å². The molecule has 3 nitrogen and oxygen atoms in total. The summed E-state index contributed by atoms with van der Waals surface area (Å²) in [4.78, 5) is 12.4. The molecule has 3 aromatic rings. The summed E-state index contributed by atoms with van der Waals surface area (Å²) >= 11 is 0. The Balaban J connectivity index is 1.93. The van der Waals surface area contributed by atoms with Crippen LogP contribution in [0, 0.1) is 0 Å². The molecule has 0 radical (unpaired) electrons. The predicted molar refractivity (Wildman–Crippen MR) is 105 cm³/mol. The minimum atomic E-state index is -0.353. The van der Waals surface area contributed by atoms with E-state index < -0.39 is 0 Å². The van der Waals surface area contributed by atoms with Crippen molar-refractivity contribution in [3.63, 3.8) is 0 Å². The zero-order chi connectivity index (χ0) is 18.5. The van der Waals surface area contributed by atoms with E-state index in [0.717, 1.165) is 18.4 Å². The third-order valence-electron chi connectivity index (χ3n) is 4.41. The molecular formula is C23H24O3. The van der Waals surface area contributed by atoms with E-state index in [0.29, 0.717) is 11.3 Å². The van der Waals surface area contributed by atoms with Crippen molar-refractivity contribution in [3.8, 4) is 5.75 Å². The normalized spacial score (nSPS) is 10.9. The Hall–Kier alpha value is -2.81. The summed E-state index contributed by atoms with van der Waals surface area (Å²) in [7, 11) is 1.41. The average molecular weight is 348 g/mol. The SMILES string of the molecule is COC(=O)c1c(CCc2cccc3ccccc23)cccc1OC(C)C. The molecule has 3 heteroatoms. The van der Waals surface area contributed by atoms with Crippen molar-refractivity contribution in [2.75, 3.05) is 7.11 Å². The zero-order valence-electron chi connectivity index (χ0n) is 15.5. The van der Waals surface area contributed by atoms with Gasteiger partial charge in [-0.1, -0.05) is 54.6 Å². The molecule has 134 valence electrons. The minimum absolute atomic E-state index is 0.00766. The van der Waals surface area contributed by atoms with Crippen LogP contribution in [-0.4, -0.2) is 19.2 Å². The summed E-state index contributed by atoms with van der Waals surface area (Å²) in [5, 5.41) is 2.49. The zero-order valence-corrected chi connectivity index (χ0v) is 15.5. The number of hydrogen-bond donors (Lipinski definition) is 0. The van der Waals surface area contributed by atoms with Crippen molar-refractivity contribution in [2.45, 2.75) is 32.8 Å². The number of methoxy groups -OCH3 is 1. The summed E-state index contributed by atoms with van der Waals surface area (Å²) in [5.41, 5.74) is 2.75. The van der Waals surface area contributed by atoms with Gasteiger partial charge in [-0.25, -0.2) is 4.79 Å². The first kappa shape index (κ1) is 18.0. The molecular weight excluding hydrogens is 324 g/mol. The highest BCUT2D eigenvalue weighted by molar-refractivity contribution is 5.94. The molecule has 0 heterocycles. The standard InChI is InChI=1S/C23H24O3/c1-16(2)26-21-13-7-11-19(22(21)23(24)25-3)15-14-18-10-6-9-17-8-4-5-12-20(17)18/h4-13,16H,14-15H2,1-3H3. The molecule has 0 amide bonds. The third kappa shape index (κ3) is 3.88. The number of rotatable bonds is 6. The fraction of sp³-hybridized carbons (Fsp3) is 0.261. The molecule has 0 spiro atoms. The van der Waals surface area contributed by atoms with Crippen LogP contribution in [0.2, 0.25) is 0 Å². The van der Waals surface area contributed by atoms with Crippen molar-refractivity contribution in [3.05, 3.63) is 77.4 Å². The van der Waals surface area contributed by atoms with Gasteiger partial charge < -0.3 is 9.47 Å². The van der Waals surface area contributed by atoms with E-state index in [9.17, 15) is 4.79 Å². The van der Waals surface area contributed by atoms with E-state index >= 15 is 0 Å². The third-order valence-corrected chi connectivity index (χ3v) is 4.41. The van der Waals surface area contributed by atoms with Crippen LogP contribution in [0.4, 0.5) is 0 Å². The van der Waals surface area contributed by atoms with Gasteiger partial charge in [0.2, 0.25) is 0 Å². The molecule has 0 aliphatic rings. The molecule has 0 aromatic heterocycles. The molecule has 0 aliphatic heterocycles. The van der Waals surface area contributed by atoms with Crippen molar-refractivity contribution in [1.29, 1.82) is 0 Å². The van der Waals surface area contributed by atoms with Crippen molar-refractivity contribution in [2.24, 2.45) is 0 Å². The number of benzene rings is 3. The first-order valence-corrected chi connectivity index (χ1v) is 8.93. The number of hydrogen-bond acceptors (Lipinski definition) is 3. The first-order valence-electron chi connectivity index (χ1n) is 8.93. The summed E-state index contributed by atoms with van der Waals surface area (Å²) < 4.78 is 10.8. The Bertz CT molecular complexity index is 907. The Morgan fingerprint density at radius 3 is 2.31 bits per heavy atom. The number of aryl methyl sites for hydroxylation is 2. The lowest BCUT2D eigenvalue weighted by Gasteiger charge is -2.16. The van der Waals surface area contributed by atoms with E-state index in [4.69, 9.17) is 9.47 Å². The molecule has 0 fully saturated rings. The maximum absolute atomic E-state index is 12.4. The second-order valence-corrected chi connectivity index (χ2v) is 6.59. The van der Waals surface area contributed by atoms with E-state index in [2.05, 4.69) is 36.4 Å². The van der Waals surface area contributed by atoms with Gasteiger partial charge in [0.15, 0.2) is 0 Å². The van der Waals surface area contributed by atoms with Crippen LogP contribution in [0.5, 0.6) is 5.75 Å². The highest BCUT2D eigenvalue weighted by Gasteiger charge is 2.19. The predicted octanol–water partition coefficient (Wildman–Crippen LogP) is 5.20. The largest absolute Gasteiger partial charge is 0.490 e. The minimum Gasteiger partial charge on any atom is -0.490 e. The lowest BCUT2D eigenvalue weighted by Crippen LogP contribution is -2.13. The number of esters is 1. The monoisotopic (exact) mass is 348 g/mol. The molecule has 0 bridgehead atoms. The van der Waals surface area contributed by atoms with Crippen LogP contribution >= 0.6 is 0 Å². The van der Waals surface area contributed by atoms with E-state index in [1.807, 2.05) is 38.1 Å². The second kappa shape index (κ2) is 8.05. The van der Waals surface area contributed by atoms with Gasteiger partial charge in [-0.3, -0.25) is 0 Å². The highest BCUT2D eigenvalue weighted by atomic mass is 16.5. The number of carbonyl (C=O) groups is 1. The topological polar surface area (TPSA) is 35.5 Å². The fourth-order valence-corrected chi connectivity index (χ4v) is 3.25. The molecule has 0 N–H and O–H groups in total. The quantitative estimate of drug-likeness (QED) is 0.575. The van der Waals surface area contributed by atoms with Crippen LogP contribution in [0.15, 0.2) is 60.7 Å². The molecule has 0 saturated carbocycles. The lowest BCUT2D eigenvalue weighted by atomic mass is 9.96. The maximum atomic E-state index is 12.4. The smallest absolute Gasteiger partial charge is 0.341 e. The molecule has 0 aliphatic carbocycles. The Kier molecular flexibility index (Phi) is 5.57. The number of carbonyl (C=O) groups excluding carboxylic acids is 1. The van der Waals surface area contributed by atoms with Gasteiger partial charge in [-0.15, -0.1) is 0 Å². The summed E-state index contributed by atoms with van der Waals surface area (Å²) in [6.45, 7) is 3.90. The van der Waals surface area contributed by atoms with Crippen LogP contribution in [-0.2, 0) is 17.6 Å². The Labute approximate surface area is 154 Å². The Morgan fingerprint density at radius 2 is 1.54 bits per heavy atom. The van der Waals surface area contributed by atoms with Gasteiger partial charge in [-0.2, -0.15) is 0 Å². The van der Waals surface area contributed by atoms with Gasteiger partial charge in [0.25, 0.3) is 0 Å². The van der Waals surface area contributed by atoms with Crippen molar-refractivity contribution >= 4 is 16.7 Å². The molecule has 0 atom stereocenters. The second-order valence-electron chi connectivity index (χ2n) is 6.59. The summed E-state index contributed by atoms with van der Waals surface area (Å²) in [6, 6.07) is 20.5. The van der Waals surface area contributed by atoms with E-state index in [1.54, 1.807) is 0 Å². The number of ether oxygens (including phenoxy) is 2. The first-order chi connectivity index (χ1) is 12.6. The Morgan fingerprint density at radius 1 is 0.885 bits per heavy atom. The van der Waals surface area contributed by atoms with Gasteiger partial charge >= 0.3 is 5.97 Å². The molecule has 0 unspecified atom stereocenters. The van der Waals surface area contributed by atoms with Gasteiger partial charge in [0, 0.05) is 0 Å². The maximum Gasteiger partial charge on any atom is 0.341 e.